The van der Waals surface area contributed by atoms with Crippen LogP contribution in [0.3, 0.4) is 0 Å². The topological polar surface area (TPSA) is 85.7 Å². The summed E-state index contributed by atoms with van der Waals surface area (Å²) in [6.07, 6.45) is 0. The van der Waals surface area contributed by atoms with Crippen molar-refractivity contribution >= 4 is 40.7 Å². The van der Waals surface area contributed by atoms with Crippen LogP contribution in [0.25, 0.3) is 16.9 Å². The number of thiophene rings is 1. The third kappa shape index (κ3) is 5.33. The van der Waals surface area contributed by atoms with Crippen molar-refractivity contribution in [2.24, 2.45) is 0 Å². The van der Waals surface area contributed by atoms with Gasteiger partial charge < -0.3 is 14.8 Å². The SMILES string of the molecule is COCCNC(=O)CN1C(=O)CSC(c2ccsc2)c2c(-c3ccccc3)nn(-c3ccc(OC)cc3)c21. The summed E-state index contributed by atoms with van der Waals surface area (Å²) < 4.78 is 12.2. The number of rotatable bonds is 9. The molecule has 0 saturated carbocycles. The Balaban J connectivity index is 1.72. The van der Waals surface area contributed by atoms with Gasteiger partial charge in [-0.1, -0.05) is 30.3 Å². The number of amides is 2. The zero-order valence-corrected chi connectivity index (χ0v) is 22.8. The number of benzene rings is 2. The maximum Gasteiger partial charge on any atom is 0.240 e. The lowest BCUT2D eigenvalue weighted by Crippen LogP contribution is -2.43. The van der Waals surface area contributed by atoms with Gasteiger partial charge in [-0.05, 0) is 46.7 Å². The van der Waals surface area contributed by atoms with Crippen LogP contribution >= 0.6 is 23.1 Å². The summed E-state index contributed by atoms with van der Waals surface area (Å²) in [5.41, 5.74) is 4.49. The zero-order chi connectivity index (χ0) is 26.5. The number of anilines is 1. The summed E-state index contributed by atoms with van der Waals surface area (Å²) in [7, 11) is 3.20. The van der Waals surface area contributed by atoms with E-state index in [1.165, 1.54) is 0 Å². The summed E-state index contributed by atoms with van der Waals surface area (Å²) in [6.45, 7) is 0.634. The van der Waals surface area contributed by atoms with Crippen LogP contribution in [0.4, 0.5) is 5.82 Å². The van der Waals surface area contributed by atoms with Crippen molar-refractivity contribution in [3.05, 3.63) is 82.6 Å². The summed E-state index contributed by atoms with van der Waals surface area (Å²) in [6, 6.07) is 19.6. The summed E-state index contributed by atoms with van der Waals surface area (Å²) >= 11 is 3.18. The molecule has 0 saturated heterocycles. The van der Waals surface area contributed by atoms with Crippen LogP contribution in [-0.4, -0.2) is 61.3 Å². The lowest BCUT2D eigenvalue weighted by Gasteiger charge is -2.23. The average Bonchev–Trinajstić information content (AvgIpc) is 3.59. The molecule has 1 unspecified atom stereocenters. The molecule has 0 spiro atoms. The Hall–Kier alpha value is -3.60. The van der Waals surface area contributed by atoms with E-state index in [4.69, 9.17) is 14.6 Å². The van der Waals surface area contributed by atoms with Gasteiger partial charge in [-0.3, -0.25) is 14.5 Å². The molecule has 2 aromatic heterocycles. The van der Waals surface area contributed by atoms with Gasteiger partial charge in [-0.15, -0.1) is 11.8 Å². The van der Waals surface area contributed by atoms with Crippen LogP contribution in [0.1, 0.15) is 16.4 Å². The van der Waals surface area contributed by atoms with Crippen molar-refractivity contribution in [1.29, 1.82) is 0 Å². The van der Waals surface area contributed by atoms with E-state index < -0.39 is 0 Å². The monoisotopic (exact) mass is 548 g/mol. The van der Waals surface area contributed by atoms with Crippen molar-refractivity contribution in [2.75, 3.05) is 44.6 Å². The number of hydrogen-bond donors (Lipinski definition) is 1. The largest absolute Gasteiger partial charge is 0.497 e. The smallest absolute Gasteiger partial charge is 0.240 e. The van der Waals surface area contributed by atoms with E-state index >= 15 is 0 Å². The second kappa shape index (κ2) is 11.8. The number of nitrogens with zero attached hydrogens (tertiary/aromatic N) is 3. The van der Waals surface area contributed by atoms with E-state index in [1.54, 1.807) is 46.9 Å². The lowest BCUT2D eigenvalue weighted by atomic mass is 10.0. The zero-order valence-electron chi connectivity index (χ0n) is 21.1. The molecule has 4 aromatic rings. The fourth-order valence-electron chi connectivity index (χ4n) is 4.41. The minimum absolute atomic E-state index is 0.122. The highest BCUT2D eigenvalue weighted by atomic mass is 32.2. The van der Waals surface area contributed by atoms with Gasteiger partial charge in [0.1, 0.15) is 18.1 Å². The van der Waals surface area contributed by atoms with Crippen LogP contribution in [0.15, 0.2) is 71.4 Å². The molecule has 1 aliphatic heterocycles. The number of fused-ring (bicyclic) bond motifs is 1. The van der Waals surface area contributed by atoms with E-state index in [2.05, 4.69) is 16.8 Å². The van der Waals surface area contributed by atoms with Gasteiger partial charge >= 0.3 is 0 Å². The predicted octanol–water partition coefficient (Wildman–Crippen LogP) is 4.54. The van der Waals surface area contributed by atoms with Crippen LogP contribution in [0, 0.1) is 0 Å². The molecule has 0 bridgehead atoms. The second-order valence-corrected chi connectivity index (χ2v) is 10.5. The fraction of sp³-hybridized carbons (Fsp3) is 0.250. The molecule has 0 radical (unpaired) electrons. The van der Waals surface area contributed by atoms with Gasteiger partial charge in [0, 0.05) is 24.8 Å². The molecule has 0 aliphatic carbocycles. The highest BCUT2D eigenvalue weighted by Gasteiger charge is 2.37. The first-order valence-electron chi connectivity index (χ1n) is 12.1. The Bertz CT molecular complexity index is 1390. The van der Waals surface area contributed by atoms with Gasteiger partial charge in [0.15, 0.2) is 0 Å². The van der Waals surface area contributed by atoms with Gasteiger partial charge in [0.2, 0.25) is 11.8 Å². The number of hydrogen-bond acceptors (Lipinski definition) is 7. The van der Waals surface area contributed by atoms with Crippen LogP contribution in [-0.2, 0) is 14.3 Å². The maximum atomic E-state index is 13.6. The lowest BCUT2D eigenvalue weighted by molar-refractivity contribution is -0.123. The normalized spacial score (nSPS) is 15.2. The second-order valence-electron chi connectivity index (χ2n) is 8.63. The Labute approximate surface area is 229 Å². The first-order chi connectivity index (χ1) is 18.6. The number of aromatic nitrogens is 2. The van der Waals surface area contributed by atoms with Crippen molar-refractivity contribution in [2.45, 2.75) is 5.25 Å². The Morgan fingerprint density at radius 2 is 1.89 bits per heavy atom. The molecular weight excluding hydrogens is 520 g/mol. The number of carbonyl (C=O) groups is 2. The number of nitrogens with one attached hydrogen (secondary N) is 1. The molecule has 0 fully saturated rings. The molecule has 10 heteroatoms. The van der Waals surface area contributed by atoms with E-state index in [0.717, 1.165) is 28.1 Å². The molecule has 2 aromatic carbocycles. The van der Waals surface area contributed by atoms with Gasteiger partial charge in [0.05, 0.1) is 36.1 Å². The fourth-order valence-corrected chi connectivity index (χ4v) is 6.37. The number of methoxy groups -OCH3 is 2. The van der Waals surface area contributed by atoms with Crippen molar-refractivity contribution < 1.29 is 19.1 Å². The molecule has 8 nitrogen and oxygen atoms in total. The molecule has 1 atom stereocenters. The quantitative estimate of drug-likeness (QED) is 0.309. The molecule has 2 amide bonds. The third-order valence-corrected chi connectivity index (χ3v) is 8.19. The van der Waals surface area contributed by atoms with Gasteiger partial charge in [-0.25, -0.2) is 4.68 Å². The Morgan fingerprint density at radius 1 is 1.11 bits per heavy atom. The molecule has 1 aliphatic rings. The highest BCUT2D eigenvalue weighted by molar-refractivity contribution is 8.00. The van der Waals surface area contributed by atoms with Crippen LogP contribution in [0.2, 0.25) is 0 Å². The molecule has 196 valence electrons. The Morgan fingerprint density at radius 3 is 2.58 bits per heavy atom. The Kier molecular flexibility index (Phi) is 8.11. The van der Waals surface area contributed by atoms with E-state index in [-0.39, 0.29) is 29.4 Å². The minimum atomic E-state index is -0.260. The van der Waals surface area contributed by atoms with Crippen molar-refractivity contribution in [3.8, 4) is 22.7 Å². The minimum Gasteiger partial charge on any atom is -0.497 e. The van der Waals surface area contributed by atoms with Crippen LogP contribution in [0.5, 0.6) is 5.75 Å². The van der Waals surface area contributed by atoms with Crippen LogP contribution < -0.4 is 15.0 Å². The summed E-state index contributed by atoms with van der Waals surface area (Å²) in [5, 5.41) is 11.9. The molecule has 1 N–H and O–H groups in total. The molecule has 38 heavy (non-hydrogen) atoms. The molecular formula is C28H28N4O4S2. The highest BCUT2D eigenvalue weighted by Crippen LogP contribution is 2.48. The summed E-state index contributed by atoms with van der Waals surface area (Å²) in [5.74, 6) is 1.14. The average molecular weight is 549 g/mol. The van der Waals surface area contributed by atoms with E-state index in [1.807, 2.05) is 60.0 Å². The maximum absolute atomic E-state index is 13.6. The summed E-state index contributed by atoms with van der Waals surface area (Å²) in [4.78, 5) is 28.2. The van der Waals surface area contributed by atoms with Gasteiger partial charge in [0.25, 0.3) is 0 Å². The van der Waals surface area contributed by atoms with Gasteiger partial charge in [-0.2, -0.15) is 16.4 Å². The first kappa shape index (κ1) is 26.0. The molecule has 3 heterocycles. The van der Waals surface area contributed by atoms with Crippen molar-refractivity contribution in [3.63, 3.8) is 0 Å². The predicted molar refractivity (Wildman–Crippen MR) is 151 cm³/mol. The number of thioether (sulfide) groups is 1. The standard InChI is InChI=1S/C28H28N4O4S2/c1-35-14-13-29-23(33)16-31-24(34)18-38-27(20-12-15-37-17-20)25-26(19-6-4-3-5-7-19)30-32(28(25)31)21-8-10-22(36-2)11-9-21/h3-12,15,17,27H,13-14,16,18H2,1-2H3,(H,29,33). The number of ether oxygens (including phenoxy) is 2. The van der Waals surface area contributed by atoms with E-state index in [0.29, 0.717) is 24.7 Å². The number of carbonyl (C=O) groups excluding carboxylic acids is 2. The third-order valence-electron chi connectivity index (χ3n) is 6.23. The molecule has 5 rings (SSSR count). The van der Waals surface area contributed by atoms with E-state index in [9.17, 15) is 9.59 Å². The first-order valence-corrected chi connectivity index (χ1v) is 14.1. The van der Waals surface area contributed by atoms with Crippen molar-refractivity contribution in [1.82, 2.24) is 15.1 Å².